The van der Waals surface area contributed by atoms with E-state index in [1.807, 2.05) is 30.3 Å². The van der Waals surface area contributed by atoms with Gasteiger partial charge in [0, 0.05) is 24.2 Å². The van der Waals surface area contributed by atoms with Gasteiger partial charge in [-0.25, -0.2) is 0 Å². The van der Waals surface area contributed by atoms with Crippen LogP contribution in [0.3, 0.4) is 0 Å². The number of nitrogens with one attached hydrogen (secondary N) is 2. The first-order valence-corrected chi connectivity index (χ1v) is 9.67. The molecule has 0 aromatic heterocycles. The zero-order valence-electron chi connectivity index (χ0n) is 15.6. The summed E-state index contributed by atoms with van der Waals surface area (Å²) in [6.07, 6.45) is 1.27. The Balaban J connectivity index is 1.31. The van der Waals surface area contributed by atoms with Crippen LogP contribution in [0.1, 0.15) is 45.8 Å². The van der Waals surface area contributed by atoms with Gasteiger partial charge in [-0.3, -0.25) is 24.5 Å². The van der Waals surface area contributed by atoms with Gasteiger partial charge in [0.15, 0.2) is 0 Å². The highest BCUT2D eigenvalue weighted by Crippen LogP contribution is 2.36. The molecular weight excluding hydrogens is 370 g/mol. The van der Waals surface area contributed by atoms with E-state index in [1.54, 1.807) is 12.1 Å². The summed E-state index contributed by atoms with van der Waals surface area (Å²) < 4.78 is 0. The van der Waals surface area contributed by atoms with Crippen LogP contribution in [0.15, 0.2) is 42.5 Å². The van der Waals surface area contributed by atoms with Gasteiger partial charge in [0.25, 0.3) is 5.91 Å². The molecule has 2 aliphatic heterocycles. The zero-order valence-corrected chi connectivity index (χ0v) is 15.6. The van der Waals surface area contributed by atoms with Crippen LogP contribution in [0.4, 0.5) is 5.69 Å². The fraction of sp³-hybridized carbons (Fsp3) is 0.273. The van der Waals surface area contributed by atoms with Crippen molar-refractivity contribution in [2.75, 3.05) is 5.32 Å². The first-order valence-electron chi connectivity index (χ1n) is 9.67. The lowest BCUT2D eigenvalue weighted by atomic mass is 9.77. The Bertz CT molecular complexity index is 1080. The van der Waals surface area contributed by atoms with Crippen LogP contribution in [-0.2, 0) is 27.3 Å². The van der Waals surface area contributed by atoms with Gasteiger partial charge < -0.3 is 10.2 Å². The van der Waals surface area contributed by atoms with Crippen LogP contribution in [0.2, 0.25) is 0 Å². The molecule has 146 valence electrons. The predicted molar refractivity (Wildman–Crippen MR) is 104 cm³/mol. The van der Waals surface area contributed by atoms with Gasteiger partial charge in [-0.05, 0) is 41.7 Å². The highest BCUT2D eigenvalue weighted by molar-refractivity contribution is 6.06. The lowest BCUT2D eigenvalue weighted by Gasteiger charge is -2.29. The van der Waals surface area contributed by atoms with Gasteiger partial charge in [0.05, 0.1) is 5.92 Å². The van der Waals surface area contributed by atoms with Crippen LogP contribution in [0, 0.1) is 0 Å². The molecule has 2 atom stereocenters. The number of carbonyl (C=O) groups excluding carboxylic acids is 4. The number of imide groups is 1. The first-order chi connectivity index (χ1) is 14.0. The maximum Gasteiger partial charge on any atom is 0.255 e. The normalized spacial score (nSPS) is 22.5. The van der Waals surface area contributed by atoms with Crippen molar-refractivity contribution in [3.8, 4) is 0 Å². The van der Waals surface area contributed by atoms with E-state index in [2.05, 4.69) is 10.6 Å². The van der Waals surface area contributed by atoms with E-state index in [9.17, 15) is 19.2 Å². The molecule has 7 heteroatoms. The number of hydrogen-bond acceptors (Lipinski definition) is 4. The molecule has 2 heterocycles. The average Bonchev–Trinajstić information content (AvgIpc) is 2.99. The highest BCUT2D eigenvalue weighted by atomic mass is 16.2. The van der Waals surface area contributed by atoms with E-state index in [1.165, 1.54) is 10.5 Å². The molecule has 7 nitrogen and oxygen atoms in total. The standard InChI is InChI=1S/C22H19N3O4/c26-19-8-7-18(21(28)24-19)25-11-13-5-6-14(10-16(13)22(25)29)23-20(27)17-9-12-3-1-2-4-15(12)17/h1-6,10,17-18H,7-9,11H2,(H,23,27)(H,24,26,28). The number of fused-ring (bicyclic) bond motifs is 2. The van der Waals surface area contributed by atoms with Crippen molar-refractivity contribution in [3.63, 3.8) is 0 Å². The number of anilines is 1. The summed E-state index contributed by atoms with van der Waals surface area (Å²) in [7, 11) is 0. The Kier molecular flexibility index (Phi) is 3.97. The Hall–Kier alpha value is -3.48. The van der Waals surface area contributed by atoms with Gasteiger partial charge >= 0.3 is 0 Å². The van der Waals surface area contributed by atoms with Crippen molar-refractivity contribution in [1.29, 1.82) is 0 Å². The Morgan fingerprint density at radius 2 is 1.90 bits per heavy atom. The Labute approximate surface area is 167 Å². The monoisotopic (exact) mass is 389 g/mol. The summed E-state index contributed by atoms with van der Waals surface area (Å²) in [6.45, 7) is 0.324. The van der Waals surface area contributed by atoms with Crippen LogP contribution in [-0.4, -0.2) is 34.6 Å². The molecule has 1 fully saturated rings. The average molecular weight is 389 g/mol. The van der Waals surface area contributed by atoms with Crippen LogP contribution >= 0.6 is 0 Å². The minimum Gasteiger partial charge on any atom is -0.326 e. The second kappa shape index (κ2) is 6.55. The topological polar surface area (TPSA) is 95.6 Å². The lowest BCUT2D eigenvalue weighted by molar-refractivity contribution is -0.137. The number of hydrogen-bond donors (Lipinski definition) is 2. The van der Waals surface area contributed by atoms with E-state index in [-0.39, 0.29) is 30.1 Å². The zero-order chi connectivity index (χ0) is 20.1. The highest BCUT2D eigenvalue weighted by Gasteiger charge is 2.39. The number of amides is 4. The number of rotatable bonds is 3. The molecule has 29 heavy (non-hydrogen) atoms. The molecule has 2 unspecified atom stereocenters. The van der Waals surface area contributed by atoms with Gasteiger partial charge in [-0.1, -0.05) is 30.3 Å². The quantitative estimate of drug-likeness (QED) is 0.782. The molecule has 2 N–H and O–H groups in total. The third-order valence-corrected chi connectivity index (χ3v) is 5.97. The number of carbonyl (C=O) groups is 4. The van der Waals surface area contributed by atoms with Gasteiger partial charge in [0.1, 0.15) is 6.04 Å². The van der Waals surface area contributed by atoms with Crippen molar-refractivity contribution in [1.82, 2.24) is 10.2 Å². The number of piperidine rings is 1. The lowest BCUT2D eigenvalue weighted by Crippen LogP contribution is -2.52. The maximum atomic E-state index is 12.9. The van der Waals surface area contributed by atoms with E-state index >= 15 is 0 Å². The fourth-order valence-electron chi connectivity index (χ4n) is 4.35. The molecular formula is C22H19N3O4. The summed E-state index contributed by atoms with van der Waals surface area (Å²) in [4.78, 5) is 50.5. The van der Waals surface area contributed by atoms with Gasteiger partial charge in [0.2, 0.25) is 17.7 Å². The van der Waals surface area contributed by atoms with Gasteiger partial charge in [-0.2, -0.15) is 0 Å². The van der Waals surface area contributed by atoms with Crippen molar-refractivity contribution >= 4 is 29.3 Å². The third-order valence-electron chi connectivity index (χ3n) is 5.97. The predicted octanol–water partition coefficient (Wildman–Crippen LogP) is 1.73. The summed E-state index contributed by atoms with van der Waals surface area (Å²) in [6, 6.07) is 12.5. The molecule has 2 aromatic rings. The summed E-state index contributed by atoms with van der Waals surface area (Å²) >= 11 is 0. The molecule has 0 saturated carbocycles. The Morgan fingerprint density at radius 3 is 2.69 bits per heavy atom. The van der Waals surface area contributed by atoms with E-state index < -0.39 is 11.9 Å². The second-order valence-electron chi connectivity index (χ2n) is 7.72. The van der Waals surface area contributed by atoms with E-state index in [0.717, 1.165) is 17.5 Å². The van der Waals surface area contributed by atoms with Crippen molar-refractivity contribution in [3.05, 3.63) is 64.7 Å². The van der Waals surface area contributed by atoms with E-state index in [0.29, 0.717) is 24.2 Å². The van der Waals surface area contributed by atoms with Crippen LogP contribution < -0.4 is 10.6 Å². The molecule has 5 rings (SSSR count). The second-order valence-corrected chi connectivity index (χ2v) is 7.72. The fourth-order valence-corrected chi connectivity index (χ4v) is 4.35. The number of nitrogens with zero attached hydrogens (tertiary/aromatic N) is 1. The van der Waals surface area contributed by atoms with Crippen molar-refractivity contribution < 1.29 is 19.2 Å². The third kappa shape index (κ3) is 2.90. The maximum absolute atomic E-state index is 12.9. The minimum atomic E-state index is -0.642. The molecule has 1 aliphatic carbocycles. The van der Waals surface area contributed by atoms with E-state index in [4.69, 9.17) is 0 Å². The smallest absolute Gasteiger partial charge is 0.255 e. The molecule has 0 spiro atoms. The molecule has 0 radical (unpaired) electrons. The van der Waals surface area contributed by atoms with Gasteiger partial charge in [-0.15, -0.1) is 0 Å². The molecule has 1 saturated heterocycles. The van der Waals surface area contributed by atoms with Crippen LogP contribution in [0.5, 0.6) is 0 Å². The molecule has 4 amide bonds. The summed E-state index contributed by atoms with van der Waals surface area (Å²) in [5.41, 5.74) is 4.10. The molecule has 2 aromatic carbocycles. The minimum absolute atomic E-state index is 0.0869. The summed E-state index contributed by atoms with van der Waals surface area (Å²) in [5, 5.41) is 5.21. The first kappa shape index (κ1) is 17.6. The van der Waals surface area contributed by atoms with Crippen molar-refractivity contribution in [2.24, 2.45) is 0 Å². The Morgan fingerprint density at radius 1 is 1.07 bits per heavy atom. The SMILES string of the molecule is O=C1CCC(N2Cc3ccc(NC(=O)C4Cc5ccccc54)cc3C2=O)C(=O)N1. The molecule has 3 aliphatic rings. The van der Waals surface area contributed by atoms with Crippen LogP contribution in [0.25, 0.3) is 0 Å². The van der Waals surface area contributed by atoms with Crippen molar-refractivity contribution in [2.45, 2.75) is 37.8 Å². The number of benzene rings is 2. The largest absolute Gasteiger partial charge is 0.326 e. The summed E-state index contributed by atoms with van der Waals surface area (Å²) in [5.74, 6) is -1.25. The molecule has 0 bridgehead atoms.